The molecule has 0 saturated heterocycles. The summed E-state index contributed by atoms with van der Waals surface area (Å²) < 4.78 is 5.00. The van der Waals surface area contributed by atoms with E-state index in [0.29, 0.717) is 5.90 Å². The van der Waals surface area contributed by atoms with Gasteiger partial charge >= 0.3 is 5.97 Å². The molecule has 1 aromatic rings. The zero-order valence-corrected chi connectivity index (χ0v) is 8.43. The highest BCUT2D eigenvalue weighted by Gasteiger charge is 2.65. The maximum absolute atomic E-state index is 11.6. The minimum absolute atomic E-state index is 0.186. The Balaban J connectivity index is 1.93. The van der Waals surface area contributed by atoms with Gasteiger partial charge in [-0.05, 0) is 12.0 Å². The van der Waals surface area contributed by atoms with Gasteiger partial charge in [-0.2, -0.15) is 0 Å². The number of benzene rings is 1. The smallest absolute Gasteiger partial charge is 0.341 e. The Hall–Kier alpha value is -1.64. The van der Waals surface area contributed by atoms with Crippen molar-refractivity contribution in [3.63, 3.8) is 0 Å². The second-order valence-corrected chi connectivity index (χ2v) is 4.11. The summed E-state index contributed by atoms with van der Waals surface area (Å²) >= 11 is 0. The second-order valence-electron chi connectivity index (χ2n) is 4.11. The van der Waals surface area contributed by atoms with Crippen molar-refractivity contribution in [2.75, 3.05) is 0 Å². The largest absolute Gasteiger partial charge is 0.410 e. The van der Waals surface area contributed by atoms with Crippen LogP contribution in [0.2, 0.25) is 0 Å². The molecule has 1 aromatic carbocycles. The van der Waals surface area contributed by atoms with E-state index in [1.54, 1.807) is 6.92 Å². The van der Waals surface area contributed by atoms with Crippen LogP contribution in [0.25, 0.3) is 0 Å². The summed E-state index contributed by atoms with van der Waals surface area (Å²) in [7, 11) is 0. The van der Waals surface area contributed by atoms with Crippen molar-refractivity contribution < 1.29 is 9.53 Å². The number of carbonyl (C=O) groups excluding carboxylic acids is 1. The summed E-state index contributed by atoms with van der Waals surface area (Å²) in [6, 6.07) is 10.0. The van der Waals surface area contributed by atoms with E-state index in [4.69, 9.17) is 4.74 Å². The lowest BCUT2D eigenvalue weighted by molar-refractivity contribution is -0.136. The number of rotatable bonds is 1. The van der Waals surface area contributed by atoms with E-state index in [-0.39, 0.29) is 11.9 Å². The summed E-state index contributed by atoms with van der Waals surface area (Å²) in [5, 5.41) is 0. The highest BCUT2D eigenvalue weighted by Crippen LogP contribution is 2.57. The highest BCUT2D eigenvalue weighted by atomic mass is 16.6. The average molecular weight is 201 g/mol. The highest BCUT2D eigenvalue weighted by molar-refractivity contribution is 6.02. The third kappa shape index (κ3) is 1.12. The van der Waals surface area contributed by atoms with Gasteiger partial charge in [0.2, 0.25) is 0 Å². The van der Waals surface area contributed by atoms with Crippen molar-refractivity contribution in [2.45, 2.75) is 24.8 Å². The topological polar surface area (TPSA) is 38.7 Å². The number of hydrogen-bond acceptors (Lipinski definition) is 3. The van der Waals surface area contributed by atoms with E-state index < -0.39 is 5.54 Å². The van der Waals surface area contributed by atoms with Gasteiger partial charge in [0.05, 0.1) is 0 Å². The Bertz CT molecular complexity index is 452. The van der Waals surface area contributed by atoms with Gasteiger partial charge < -0.3 is 4.74 Å². The molecule has 0 bridgehead atoms. The van der Waals surface area contributed by atoms with Crippen molar-refractivity contribution >= 4 is 11.9 Å². The van der Waals surface area contributed by atoms with Gasteiger partial charge in [0, 0.05) is 12.8 Å². The number of aliphatic imine (C=N–C) groups is 1. The fourth-order valence-corrected chi connectivity index (χ4v) is 2.25. The lowest BCUT2D eigenvalue weighted by Gasteiger charge is -2.01. The maximum Gasteiger partial charge on any atom is 0.341 e. The summed E-state index contributed by atoms with van der Waals surface area (Å²) in [6.07, 6.45) is 0.785. The molecule has 0 amide bonds. The van der Waals surface area contributed by atoms with Crippen LogP contribution in [0.4, 0.5) is 0 Å². The van der Waals surface area contributed by atoms with E-state index in [1.165, 1.54) is 5.56 Å². The fourth-order valence-electron chi connectivity index (χ4n) is 2.25. The predicted octanol–water partition coefficient (Wildman–Crippen LogP) is 1.89. The van der Waals surface area contributed by atoms with Gasteiger partial charge in [-0.25, -0.2) is 9.79 Å². The average Bonchev–Trinajstić information content (AvgIpc) is 2.87. The minimum atomic E-state index is -0.578. The molecule has 1 saturated carbocycles. The van der Waals surface area contributed by atoms with Gasteiger partial charge in [-0.1, -0.05) is 30.3 Å². The molecule has 2 aliphatic rings. The zero-order chi connectivity index (χ0) is 10.5. The normalized spacial score (nSPS) is 32.7. The van der Waals surface area contributed by atoms with Crippen molar-refractivity contribution in [3.05, 3.63) is 35.9 Å². The summed E-state index contributed by atoms with van der Waals surface area (Å²) in [5.74, 6) is 0.524. The maximum atomic E-state index is 11.6. The first-order valence-corrected chi connectivity index (χ1v) is 5.06. The van der Waals surface area contributed by atoms with E-state index in [0.717, 1.165) is 6.42 Å². The molecule has 1 spiro atoms. The van der Waals surface area contributed by atoms with Gasteiger partial charge in [-0.15, -0.1) is 0 Å². The number of esters is 1. The Labute approximate surface area is 87.8 Å². The Morgan fingerprint density at radius 3 is 2.73 bits per heavy atom. The van der Waals surface area contributed by atoms with E-state index in [9.17, 15) is 4.79 Å². The molecule has 0 radical (unpaired) electrons. The SMILES string of the molecule is CC1=N[C@@]2(C[C@@H]2c2ccccc2)C(=O)O1. The molecule has 3 nitrogen and oxygen atoms in total. The van der Waals surface area contributed by atoms with Gasteiger partial charge in [0.1, 0.15) is 0 Å². The van der Waals surface area contributed by atoms with E-state index in [2.05, 4.69) is 4.99 Å². The standard InChI is InChI=1S/C12H11NO2/c1-8-13-12(11(14)15-8)7-10(12)9-5-3-2-4-6-9/h2-6,10H,7H2,1H3/t10-,12-/m1/s1. The van der Waals surface area contributed by atoms with Crippen LogP contribution in [0.1, 0.15) is 24.8 Å². The van der Waals surface area contributed by atoms with Crippen LogP contribution in [0.5, 0.6) is 0 Å². The van der Waals surface area contributed by atoms with Crippen LogP contribution in [-0.4, -0.2) is 17.4 Å². The molecule has 1 fully saturated rings. The third-order valence-electron chi connectivity index (χ3n) is 3.08. The summed E-state index contributed by atoms with van der Waals surface area (Å²) in [6.45, 7) is 1.73. The van der Waals surface area contributed by atoms with Crippen LogP contribution in [-0.2, 0) is 9.53 Å². The molecule has 15 heavy (non-hydrogen) atoms. The summed E-state index contributed by atoms with van der Waals surface area (Å²) in [4.78, 5) is 15.9. The Morgan fingerprint density at radius 2 is 2.13 bits per heavy atom. The van der Waals surface area contributed by atoms with Crippen molar-refractivity contribution in [2.24, 2.45) is 4.99 Å². The predicted molar refractivity (Wildman–Crippen MR) is 55.7 cm³/mol. The van der Waals surface area contributed by atoms with Crippen LogP contribution >= 0.6 is 0 Å². The third-order valence-corrected chi connectivity index (χ3v) is 3.08. The minimum Gasteiger partial charge on any atom is -0.410 e. The van der Waals surface area contributed by atoms with E-state index >= 15 is 0 Å². The molecular formula is C12H11NO2. The van der Waals surface area contributed by atoms with Crippen LogP contribution in [0.3, 0.4) is 0 Å². The fraction of sp³-hybridized carbons (Fsp3) is 0.333. The molecule has 1 heterocycles. The molecule has 1 aliphatic carbocycles. The first kappa shape index (κ1) is 8.65. The molecule has 76 valence electrons. The molecule has 0 N–H and O–H groups in total. The van der Waals surface area contributed by atoms with Crippen molar-refractivity contribution in [3.8, 4) is 0 Å². The van der Waals surface area contributed by atoms with Crippen molar-refractivity contribution in [1.29, 1.82) is 0 Å². The van der Waals surface area contributed by atoms with Crippen LogP contribution < -0.4 is 0 Å². The first-order valence-electron chi connectivity index (χ1n) is 5.06. The van der Waals surface area contributed by atoms with Gasteiger partial charge in [0.15, 0.2) is 11.4 Å². The second kappa shape index (κ2) is 2.69. The zero-order valence-electron chi connectivity index (χ0n) is 8.43. The molecule has 3 rings (SSSR count). The molecular weight excluding hydrogens is 190 g/mol. The number of nitrogens with zero attached hydrogens (tertiary/aromatic N) is 1. The molecule has 2 atom stereocenters. The molecule has 0 unspecified atom stereocenters. The van der Waals surface area contributed by atoms with E-state index in [1.807, 2.05) is 30.3 Å². The Morgan fingerprint density at radius 1 is 1.40 bits per heavy atom. The number of ether oxygens (including phenoxy) is 1. The molecule has 0 aromatic heterocycles. The molecule has 3 heteroatoms. The van der Waals surface area contributed by atoms with Gasteiger partial charge in [-0.3, -0.25) is 0 Å². The van der Waals surface area contributed by atoms with Crippen LogP contribution in [0, 0.1) is 0 Å². The lowest BCUT2D eigenvalue weighted by Crippen LogP contribution is -2.18. The van der Waals surface area contributed by atoms with Gasteiger partial charge in [0.25, 0.3) is 0 Å². The Kier molecular flexibility index (Phi) is 1.55. The summed E-state index contributed by atoms with van der Waals surface area (Å²) in [5.41, 5.74) is 0.596. The molecule has 1 aliphatic heterocycles. The lowest BCUT2D eigenvalue weighted by atomic mass is 10.1. The van der Waals surface area contributed by atoms with Crippen LogP contribution in [0.15, 0.2) is 35.3 Å². The number of hydrogen-bond donors (Lipinski definition) is 0. The number of carbonyl (C=O) groups is 1. The first-order chi connectivity index (χ1) is 7.22. The monoisotopic (exact) mass is 201 g/mol. The quantitative estimate of drug-likeness (QED) is 0.651. The number of cyclic esters (lactones) is 1. The van der Waals surface area contributed by atoms with Crippen molar-refractivity contribution in [1.82, 2.24) is 0 Å².